The maximum atomic E-state index is 6.38. The fraction of sp³-hybridized carbons (Fsp3) is 0. The lowest BCUT2D eigenvalue weighted by Crippen LogP contribution is -2.30. The summed E-state index contributed by atoms with van der Waals surface area (Å²) in [6, 6.07) is 10.4. The molecule has 2 rings (SSSR count). The van der Waals surface area contributed by atoms with E-state index < -0.39 is 0 Å². The molecule has 0 fully saturated rings. The summed E-state index contributed by atoms with van der Waals surface area (Å²) in [6.07, 6.45) is 0. The van der Waals surface area contributed by atoms with Crippen molar-refractivity contribution in [2.24, 2.45) is 0 Å². The van der Waals surface area contributed by atoms with Crippen LogP contribution in [0.15, 0.2) is 34.8 Å². The molecule has 82 valence electrons. The number of hydrogen-bond donors (Lipinski definition) is 0. The molecule has 2 aromatic rings. The van der Waals surface area contributed by atoms with Crippen LogP contribution >= 0.6 is 27.5 Å². The SMILES string of the molecule is Bc1c(Cl)c(B)c(-c2ccccc2)c(B)c1Br. The van der Waals surface area contributed by atoms with Crippen LogP contribution in [0.5, 0.6) is 0 Å². The Balaban J connectivity index is 2.80. The maximum Gasteiger partial charge on any atom is 0.142 e. The summed E-state index contributed by atoms with van der Waals surface area (Å²) in [5, 5.41) is 0.848. The van der Waals surface area contributed by atoms with Crippen LogP contribution in [0.4, 0.5) is 0 Å². The predicted octanol–water partition coefficient (Wildman–Crippen LogP) is -0.455. The third kappa shape index (κ3) is 2.21. The van der Waals surface area contributed by atoms with E-state index in [-0.39, 0.29) is 0 Å². The Kier molecular flexibility index (Phi) is 3.74. The minimum Gasteiger partial charge on any atom is -0.0855 e. The minimum atomic E-state index is 0.848. The molecule has 0 aromatic heterocycles. The van der Waals surface area contributed by atoms with Crippen molar-refractivity contribution in [3.8, 4) is 11.1 Å². The van der Waals surface area contributed by atoms with E-state index in [1.807, 2.05) is 13.9 Å². The highest BCUT2D eigenvalue weighted by Gasteiger charge is 2.14. The standard InChI is InChI=1S/C12H11B3BrCl/c13-8-7(6-4-2-1-3-5-6)9(14)12(17)10(15)11(8)16/h1-5H,13-15H2. The van der Waals surface area contributed by atoms with E-state index in [0.717, 1.165) is 20.4 Å². The van der Waals surface area contributed by atoms with Crippen molar-refractivity contribution in [2.45, 2.75) is 0 Å². The van der Waals surface area contributed by atoms with Gasteiger partial charge in [-0.05, 0) is 11.1 Å². The first-order valence-corrected chi connectivity index (χ1v) is 6.71. The van der Waals surface area contributed by atoms with Crippen molar-refractivity contribution in [1.29, 1.82) is 0 Å². The van der Waals surface area contributed by atoms with Crippen LogP contribution in [0.1, 0.15) is 0 Å². The molecule has 0 aliphatic heterocycles. The van der Waals surface area contributed by atoms with Crippen LogP contribution < -0.4 is 16.4 Å². The van der Waals surface area contributed by atoms with Crippen LogP contribution in [0.25, 0.3) is 11.1 Å². The monoisotopic (exact) mass is 302 g/mol. The summed E-state index contributed by atoms with van der Waals surface area (Å²) in [5.74, 6) is 0. The smallest absolute Gasteiger partial charge is 0.0855 e. The molecule has 0 unspecified atom stereocenters. The largest absolute Gasteiger partial charge is 0.142 e. The molecule has 2 aromatic carbocycles. The molecule has 5 heteroatoms. The molecule has 0 saturated carbocycles. The second-order valence-corrected chi connectivity index (χ2v) is 5.41. The molecule has 0 nitrogen and oxygen atoms in total. The van der Waals surface area contributed by atoms with Crippen molar-refractivity contribution in [2.75, 3.05) is 0 Å². The van der Waals surface area contributed by atoms with Gasteiger partial charge < -0.3 is 0 Å². The molecule has 0 saturated heterocycles. The highest BCUT2D eigenvalue weighted by molar-refractivity contribution is 9.10. The first kappa shape index (κ1) is 12.9. The van der Waals surface area contributed by atoms with Gasteiger partial charge in [0.1, 0.15) is 23.5 Å². The topological polar surface area (TPSA) is 0 Å². The molecule has 0 atom stereocenters. The first-order valence-electron chi connectivity index (χ1n) is 5.54. The van der Waals surface area contributed by atoms with Gasteiger partial charge in [-0.3, -0.25) is 0 Å². The average Bonchev–Trinajstić information content (AvgIpc) is 2.36. The molecule has 0 aliphatic carbocycles. The molecule has 0 radical (unpaired) electrons. The Labute approximate surface area is 118 Å². The van der Waals surface area contributed by atoms with E-state index in [1.165, 1.54) is 16.6 Å². The van der Waals surface area contributed by atoms with Gasteiger partial charge in [-0.15, -0.1) is 0 Å². The van der Waals surface area contributed by atoms with Gasteiger partial charge in [0.15, 0.2) is 0 Å². The van der Waals surface area contributed by atoms with Crippen LogP contribution in [0, 0.1) is 0 Å². The Hall–Kier alpha value is -0.595. The van der Waals surface area contributed by atoms with E-state index in [9.17, 15) is 0 Å². The number of hydrogen-bond acceptors (Lipinski definition) is 0. The van der Waals surface area contributed by atoms with Gasteiger partial charge >= 0.3 is 0 Å². The zero-order chi connectivity index (χ0) is 12.6. The van der Waals surface area contributed by atoms with E-state index in [1.54, 1.807) is 0 Å². The van der Waals surface area contributed by atoms with Crippen LogP contribution in [0.3, 0.4) is 0 Å². The average molecular weight is 303 g/mol. The van der Waals surface area contributed by atoms with Crippen molar-refractivity contribution in [3.05, 3.63) is 39.8 Å². The van der Waals surface area contributed by atoms with Crippen LogP contribution in [-0.2, 0) is 0 Å². The second-order valence-electron chi connectivity index (χ2n) is 4.24. The number of benzene rings is 2. The van der Waals surface area contributed by atoms with Crippen LogP contribution in [0.2, 0.25) is 5.02 Å². The maximum absolute atomic E-state index is 6.38. The normalized spacial score (nSPS) is 10.5. The van der Waals surface area contributed by atoms with Crippen molar-refractivity contribution in [3.63, 3.8) is 0 Å². The molecule has 0 N–H and O–H groups in total. The quantitative estimate of drug-likeness (QED) is 0.626. The zero-order valence-corrected chi connectivity index (χ0v) is 12.5. The highest BCUT2D eigenvalue weighted by Crippen LogP contribution is 2.20. The van der Waals surface area contributed by atoms with E-state index in [2.05, 4.69) is 55.9 Å². The first-order chi connectivity index (χ1) is 8.04. The van der Waals surface area contributed by atoms with Gasteiger partial charge in [0, 0.05) is 9.50 Å². The summed E-state index contributed by atoms with van der Waals surface area (Å²) in [4.78, 5) is 0. The summed E-state index contributed by atoms with van der Waals surface area (Å²) < 4.78 is 1.10. The predicted molar refractivity (Wildman–Crippen MR) is 89.1 cm³/mol. The summed E-state index contributed by atoms with van der Waals surface area (Å²) in [6.45, 7) is 0. The van der Waals surface area contributed by atoms with Crippen LogP contribution in [-0.4, -0.2) is 23.5 Å². The fourth-order valence-corrected chi connectivity index (χ4v) is 2.90. The van der Waals surface area contributed by atoms with Gasteiger partial charge in [-0.25, -0.2) is 0 Å². The Morgan fingerprint density at radius 3 is 2.06 bits per heavy atom. The zero-order valence-electron chi connectivity index (χ0n) is 10.1. The Bertz CT molecular complexity index is 541. The molecule has 0 spiro atoms. The van der Waals surface area contributed by atoms with Gasteiger partial charge in [0.05, 0.1) is 0 Å². The summed E-state index contributed by atoms with van der Waals surface area (Å²) in [7, 11) is 6.25. The summed E-state index contributed by atoms with van der Waals surface area (Å²) in [5.41, 5.74) is 5.95. The van der Waals surface area contributed by atoms with Gasteiger partial charge in [0.2, 0.25) is 0 Å². The van der Waals surface area contributed by atoms with Crippen molar-refractivity contribution < 1.29 is 0 Å². The van der Waals surface area contributed by atoms with Crippen molar-refractivity contribution >= 4 is 67.5 Å². The Morgan fingerprint density at radius 2 is 1.47 bits per heavy atom. The molecule has 0 aliphatic rings. The molecule has 0 amide bonds. The number of halogens is 2. The van der Waals surface area contributed by atoms with Gasteiger partial charge in [-0.2, -0.15) is 0 Å². The lowest BCUT2D eigenvalue weighted by Gasteiger charge is -2.17. The number of rotatable bonds is 1. The molecular weight excluding hydrogens is 292 g/mol. The second kappa shape index (κ2) is 4.95. The van der Waals surface area contributed by atoms with E-state index in [4.69, 9.17) is 11.6 Å². The molecule has 17 heavy (non-hydrogen) atoms. The van der Waals surface area contributed by atoms with Crippen molar-refractivity contribution in [1.82, 2.24) is 0 Å². The Morgan fingerprint density at radius 1 is 0.882 bits per heavy atom. The lowest BCUT2D eigenvalue weighted by molar-refractivity contribution is 1.67. The van der Waals surface area contributed by atoms with Gasteiger partial charge in [-0.1, -0.05) is 74.3 Å². The van der Waals surface area contributed by atoms with E-state index >= 15 is 0 Å². The minimum absolute atomic E-state index is 0.848. The van der Waals surface area contributed by atoms with E-state index in [0.29, 0.717) is 0 Å². The van der Waals surface area contributed by atoms with Gasteiger partial charge in [0.25, 0.3) is 0 Å². The highest BCUT2D eigenvalue weighted by atomic mass is 79.9. The molecule has 0 bridgehead atoms. The third-order valence-electron chi connectivity index (χ3n) is 3.13. The lowest BCUT2D eigenvalue weighted by atomic mass is 9.74. The molecule has 0 heterocycles. The summed E-state index contributed by atoms with van der Waals surface area (Å²) >= 11 is 10.0. The third-order valence-corrected chi connectivity index (χ3v) is 4.89. The fourth-order valence-electron chi connectivity index (χ4n) is 2.20. The molecular formula is C12H11B3BrCl.